The lowest BCUT2D eigenvalue weighted by molar-refractivity contribution is 0.959. The van der Waals surface area contributed by atoms with Crippen LogP contribution >= 0.6 is 0 Å². The number of benzene rings is 4. The maximum absolute atomic E-state index is 5.00. The fourth-order valence-electron chi connectivity index (χ4n) is 5.99. The molecular weight excluding hydrogens is 502 g/mol. The van der Waals surface area contributed by atoms with Crippen molar-refractivity contribution in [1.29, 1.82) is 0 Å². The monoisotopic (exact) mass is 527 g/mol. The quantitative estimate of drug-likeness (QED) is 0.231. The van der Waals surface area contributed by atoms with Gasteiger partial charge in [-0.25, -0.2) is 4.98 Å². The van der Waals surface area contributed by atoms with Gasteiger partial charge in [0.2, 0.25) is 0 Å². The third-order valence-corrected chi connectivity index (χ3v) is 7.87. The lowest BCUT2D eigenvalue weighted by Gasteiger charge is -2.11. The zero-order chi connectivity index (χ0) is 27.3. The van der Waals surface area contributed by atoms with Gasteiger partial charge < -0.3 is 9.13 Å². The Labute approximate surface area is 237 Å². The molecule has 4 heterocycles. The second kappa shape index (κ2) is 9.28. The van der Waals surface area contributed by atoms with Gasteiger partial charge in [-0.2, -0.15) is 0 Å². The number of pyridine rings is 2. The van der Waals surface area contributed by atoms with Crippen LogP contribution in [0.15, 0.2) is 134 Å². The van der Waals surface area contributed by atoms with Crippen molar-refractivity contribution in [3.05, 3.63) is 134 Å². The van der Waals surface area contributed by atoms with E-state index in [1.54, 1.807) is 0 Å². The number of hydrogen-bond donors (Lipinski definition) is 0. The van der Waals surface area contributed by atoms with Crippen molar-refractivity contribution in [2.45, 2.75) is 0 Å². The van der Waals surface area contributed by atoms with Crippen molar-refractivity contribution in [1.82, 2.24) is 24.1 Å². The lowest BCUT2D eigenvalue weighted by atomic mass is 10.0. The van der Waals surface area contributed by atoms with Crippen LogP contribution in [0.1, 0.15) is 0 Å². The summed E-state index contributed by atoms with van der Waals surface area (Å²) in [6.07, 6.45) is 5.60. The molecule has 0 N–H and O–H groups in total. The van der Waals surface area contributed by atoms with E-state index in [1.165, 1.54) is 10.8 Å². The van der Waals surface area contributed by atoms with Gasteiger partial charge in [0.1, 0.15) is 5.82 Å². The van der Waals surface area contributed by atoms with Crippen LogP contribution in [0.3, 0.4) is 0 Å². The predicted octanol–water partition coefficient (Wildman–Crippen LogP) is 8.46. The molecule has 0 aliphatic heterocycles. The fourth-order valence-corrected chi connectivity index (χ4v) is 5.99. The number of aryl methyl sites for hydroxylation is 1. The molecule has 194 valence electrons. The largest absolute Gasteiger partial charge is 0.327 e. The average Bonchev–Trinajstić information content (AvgIpc) is 3.56. The highest BCUT2D eigenvalue weighted by Gasteiger charge is 2.19. The van der Waals surface area contributed by atoms with Gasteiger partial charge >= 0.3 is 0 Å². The Morgan fingerprint density at radius 1 is 0.610 bits per heavy atom. The smallest absolute Gasteiger partial charge is 0.140 e. The summed E-state index contributed by atoms with van der Waals surface area (Å²) < 4.78 is 4.54. The molecule has 0 saturated carbocycles. The normalized spacial score (nSPS) is 11.5. The summed E-state index contributed by atoms with van der Waals surface area (Å²) in [5.41, 5.74) is 10.8. The first-order valence-electron chi connectivity index (χ1n) is 13.7. The summed E-state index contributed by atoms with van der Waals surface area (Å²) in [5, 5.41) is 2.39. The molecule has 41 heavy (non-hydrogen) atoms. The van der Waals surface area contributed by atoms with E-state index in [2.05, 4.69) is 117 Å². The molecule has 0 saturated heterocycles. The topological polar surface area (TPSA) is 48.5 Å². The summed E-state index contributed by atoms with van der Waals surface area (Å²) in [4.78, 5) is 14.0. The molecule has 0 spiro atoms. The van der Waals surface area contributed by atoms with Crippen molar-refractivity contribution in [3.63, 3.8) is 0 Å². The third-order valence-electron chi connectivity index (χ3n) is 7.87. The number of imidazole rings is 1. The molecular formula is C36H25N5. The van der Waals surface area contributed by atoms with Crippen molar-refractivity contribution < 1.29 is 0 Å². The van der Waals surface area contributed by atoms with E-state index in [1.807, 2.05) is 42.9 Å². The molecule has 0 radical (unpaired) electrons. The highest BCUT2D eigenvalue weighted by atomic mass is 15.1. The maximum atomic E-state index is 5.00. The van der Waals surface area contributed by atoms with Crippen LogP contribution in [0.4, 0.5) is 0 Å². The van der Waals surface area contributed by atoms with E-state index in [9.17, 15) is 0 Å². The summed E-state index contributed by atoms with van der Waals surface area (Å²) in [6.45, 7) is 0. The Bertz CT molecular complexity index is 2210. The average molecular weight is 528 g/mol. The molecule has 0 aliphatic carbocycles. The Morgan fingerprint density at radius 2 is 1.46 bits per heavy atom. The van der Waals surface area contributed by atoms with Crippen LogP contribution in [0.5, 0.6) is 0 Å². The van der Waals surface area contributed by atoms with Crippen molar-refractivity contribution in [2.75, 3.05) is 0 Å². The van der Waals surface area contributed by atoms with Gasteiger partial charge in [0.05, 0.1) is 27.8 Å². The zero-order valence-corrected chi connectivity index (χ0v) is 22.4. The number of fused-ring (bicyclic) bond motifs is 4. The Hall–Kier alpha value is -5.55. The summed E-state index contributed by atoms with van der Waals surface area (Å²) in [7, 11) is 2.08. The number of nitrogens with zero attached hydrogens (tertiary/aromatic N) is 5. The number of aromatic nitrogens is 5. The maximum Gasteiger partial charge on any atom is 0.140 e. The number of rotatable bonds is 4. The van der Waals surface area contributed by atoms with Gasteiger partial charge in [-0.05, 0) is 60.2 Å². The van der Waals surface area contributed by atoms with Crippen LogP contribution in [-0.4, -0.2) is 24.1 Å². The van der Waals surface area contributed by atoms with Gasteiger partial charge in [-0.3, -0.25) is 9.97 Å². The zero-order valence-electron chi connectivity index (χ0n) is 22.4. The van der Waals surface area contributed by atoms with E-state index < -0.39 is 0 Å². The number of para-hydroxylation sites is 2. The molecule has 0 amide bonds. The first-order chi connectivity index (χ1) is 20.3. The minimum Gasteiger partial charge on any atom is -0.327 e. The van der Waals surface area contributed by atoms with Gasteiger partial charge in [0.15, 0.2) is 0 Å². The van der Waals surface area contributed by atoms with Crippen LogP contribution in [0.25, 0.3) is 72.3 Å². The molecule has 4 aromatic carbocycles. The van der Waals surface area contributed by atoms with E-state index >= 15 is 0 Å². The first-order valence-corrected chi connectivity index (χ1v) is 13.7. The van der Waals surface area contributed by atoms with Crippen LogP contribution in [0.2, 0.25) is 0 Å². The summed E-state index contributed by atoms with van der Waals surface area (Å²) >= 11 is 0. The van der Waals surface area contributed by atoms with E-state index in [0.29, 0.717) is 0 Å². The van der Waals surface area contributed by atoms with E-state index in [0.717, 1.165) is 61.5 Å². The molecule has 0 bridgehead atoms. The standard InChI is InChI=1S/C36H25N5/c1-40-32-15-3-2-14-31(32)39-36(40)25-17-18-29-34(22-25)41(27-11-6-9-24(21-27)30-13-4-5-20-38-30)33-16-7-12-28(35(29)33)26-10-8-19-37-23-26/h2-23H,1H3. The second-order valence-corrected chi connectivity index (χ2v) is 10.3. The minimum absolute atomic E-state index is 0.944. The van der Waals surface area contributed by atoms with Crippen LogP contribution in [0, 0.1) is 0 Å². The molecule has 5 heteroatoms. The molecule has 0 atom stereocenters. The first kappa shape index (κ1) is 23.3. The molecule has 8 aromatic rings. The molecule has 0 unspecified atom stereocenters. The highest BCUT2D eigenvalue weighted by molar-refractivity contribution is 6.16. The predicted molar refractivity (Wildman–Crippen MR) is 167 cm³/mol. The fraction of sp³-hybridized carbons (Fsp3) is 0.0278. The van der Waals surface area contributed by atoms with Gasteiger partial charge in [0.25, 0.3) is 0 Å². The SMILES string of the molecule is Cn1c(-c2ccc3c4c(-c5cccnc5)cccc4n(-c4cccc(-c5ccccn5)c4)c3c2)nc2ccccc21. The molecule has 0 aliphatic rings. The third kappa shape index (κ3) is 3.74. The highest BCUT2D eigenvalue weighted by Crippen LogP contribution is 2.40. The van der Waals surface area contributed by atoms with Gasteiger partial charge in [-0.1, -0.05) is 60.7 Å². The molecule has 5 nitrogen and oxygen atoms in total. The van der Waals surface area contributed by atoms with Crippen molar-refractivity contribution >= 4 is 32.8 Å². The van der Waals surface area contributed by atoms with Gasteiger partial charge in [-0.15, -0.1) is 0 Å². The Morgan fingerprint density at radius 3 is 2.32 bits per heavy atom. The number of hydrogen-bond acceptors (Lipinski definition) is 3. The molecule has 4 aromatic heterocycles. The van der Waals surface area contributed by atoms with Crippen molar-refractivity contribution in [2.24, 2.45) is 7.05 Å². The van der Waals surface area contributed by atoms with Crippen molar-refractivity contribution in [3.8, 4) is 39.5 Å². The Balaban J connectivity index is 1.44. The lowest BCUT2D eigenvalue weighted by Crippen LogP contribution is -1.96. The van der Waals surface area contributed by atoms with E-state index in [-0.39, 0.29) is 0 Å². The van der Waals surface area contributed by atoms with Crippen LogP contribution in [-0.2, 0) is 7.05 Å². The summed E-state index contributed by atoms with van der Waals surface area (Å²) in [5.74, 6) is 0.944. The van der Waals surface area contributed by atoms with Crippen LogP contribution < -0.4 is 0 Å². The van der Waals surface area contributed by atoms with Gasteiger partial charge in [0, 0.05) is 58.8 Å². The molecule has 8 rings (SSSR count). The summed E-state index contributed by atoms with van der Waals surface area (Å²) in [6, 6.07) is 40.3. The molecule has 0 fully saturated rings. The second-order valence-electron chi connectivity index (χ2n) is 10.3. The van der Waals surface area contributed by atoms with E-state index in [4.69, 9.17) is 4.98 Å². The minimum atomic E-state index is 0.944. The Kier molecular flexibility index (Phi) is 5.28.